The minimum atomic E-state index is -0.751. The topological polar surface area (TPSA) is 55.8 Å². The Hall–Kier alpha value is -0.610. The monoisotopic (exact) mass is 186 g/mol. The van der Waals surface area contributed by atoms with E-state index in [0.29, 0.717) is 25.7 Å². The molecule has 1 saturated carbocycles. The van der Waals surface area contributed by atoms with Gasteiger partial charge in [-0.25, -0.2) is 4.79 Å². The summed E-state index contributed by atoms with van der Waals surface area (Å²) in [4.78, 5) is 11.4. The third kappa shape index (κ3) is 1.25. The van der Waals surface area contributed by atoms with E-state index < -0.39 is 11.2 Å². The number of carbonyl (C=O) groups excluding carboxylic acids is 1. The Morgan fingerprint density at radius 1 is 1.38 bits per heavy atom. The number of esters is 1. The third-order valence-electron chi connectivity index (χ3n) is 3.16. The van der Waals surface area contributed by atoms with Gasteiger partial charge in [0, 0.05) is 0 Å². The molecule has 2 bridgehead atoms. The van der Waals surface area contributed by atoms with Gasteiger partial charge in [-0.3, -0.25) is 0 Å². The summed E-state index contributed by atoms with van der Waals surface area (Å²) >= 11 is 0. The smallest absolute Gasteiger partial charge is 0.338 e. The summed E-state index contributed by atoms with van der Waals surface area (Å²) in [5.41, 5.74) is -1.44. The van der Waals surface area contributed by atoms with E-state index in [0.717, 1.165) is 0 Å². The van der Waals surface area contributed by atoms with Gasteiger partial charge < -0.3 is 14.6 Å². The Bertz CT molecular complexity index is 211. The first-order chi connectivity index (χ1) is 6.10. The van der Waals surface area contributed by atoms with E-state index in [4.69, 9.17) is 9.47 Å². The molecular weight excluding hydrogens is 172 g/mol. The van der Waals surface area contributed by atoms with E-state index in [-0.39, 0.29) is 12.6 Å². The number of rotatable bonds is 1. The van der Waals surface area contributed by atoms with Gasteiger partial charge in [0.2, 0.25) is 0 Å². The van der Waals surface area contributed by atoms with Crippen LogP contribution in [0.5, 0.6) is 0 Å². The lowest BCUT2D eigenvalue weighted by Crippen LogP contribution is -2.58. The van der Waals surface area contributed by atoms with Gasteiger partial charge in [-0.2, -0.15) is 0 Å². The lowest BCUT2D eigenvalue weighted by Gasteiger charge is -2.48. The normalized spacial score (nSPS) is 43.2. The first-order valence-corrected chi connectivity index (χ1v) is 4.55. The summed E-state index contributed by atoms with van der Waals surface area (Å²) < 4.78 is 10.1. The molecule has 0 spiro atoms. The molecule has 3 rings (SSSR count). The van der Waals surface area contributed by atoms with Crippen molar-refractivity contribution >= 4 is 5.97 Å². The largest absolute Gasteiger partial charge is 0.467 e. The van der Waals surface area contributed by atoms with E-state index in [9.17, 15) is 9.90 Å². The van der Waals surface area contributed by atoms with E-state index >= 15 is 0 Å². The molecule has 0 atom stereocenters. The SMILES string of the molecule is COC(=O)C12CCC(O)(CC1)CO2. The van der Waals surface area contributed by atoms with E-state index in [1.165, 1.54) is 7.11 Å². The fraction of sp³-hybridized carbons (Fsp3) is 0.889. The molecule has 0 radical (unpaired) electrons. The summed E-state index contributed by atoms with van der Waals surface area (Å²) in [6, 6.07) is 0. The molecule has 0 unspecified atom stereocenters. The molecule has 0 aromatic rings. The Balaban J connectivity index is 2.15. The van der Waals surface area contributed by atoms with Crippen molar-refractivity contribution in [2.24, 2.45) is 0 Å². The van der Waals surface area contributed by atoms with Crippen molar-refractivity contribution in [2.45, 2.75) is 36.9 Å². The minimum absolute atomic E-state index is 0.266. The lowest BCUT2D eigenvalue weighted by molar-refractivity contribution is -0.227. The highest BCUT2D eigenvalue weighted by Crippen LogP contribution is 2.43. The molecule has 1 N–H and O–H groups in total. The highest BCUT2D eigenvalue weighted by molar-refractivity contribution is 5.80. The second-order valence-electron chi connectivity index (χ2n) is 4.00. The van der Waals surface area contributed by atoms with Gasteiger partial charge in [0.1, 0.15) is 0 Å². The molecule has 2 heterocycles. The quantitative estimate of drug-likeness (QED) is 0.596. The van der Waals surface area contributed by atoms with E-state index in [2.05, 4.69) is 0 Å². The van der Waals surface area contributed by atoms with E-state index in [1.54, 1.807) is 0 Å². The Morgan fingerprint density at radius 2 is 2.00 bits per heavy atom. The first-order valence-electron chi connectivity index (χ1n) is 4.55. The molecule has 3 fully saturated rings. The first kappa shape index (κ1) is 8.97. The Morgan fingerprint density at radius 3 is 2.38 bits per heavy atom. The molecule has 4 nitrogen and oxygen atoms in total. The van der Waals surface area contributed by atoms with Gasteiger partial charge in [-0.15, -0.1) is 0 Å². The van der Waals surface area contributed by atoms with Crippen molar-refractivity contribution in [1.29, 1.82) is 0 Å². The number of methoxy groups -OCH3 is 1. The molecule has 1 aliphatic carbocycles. The fourth-order valence-electron chi connectivity index (χ4n) is 2.13. The minimum Gasteiger partial charge on any atom is -0.467 e. The van der Waals surface area contributed by atoms with Crippen LogP contribution in [0.15, 0.2) is 0 Å². The van der Waals surface area contributed by atoms with Crippen molar-refractivity contribution in [2.75, 3.05) is 13.7 Å². The van der Waals surface area contributed by atoms with Crippen LogP contribution in [-0.2, 0) is 14.3 Å². The second-order valence-corrected chi connectivity index (χ2v) is 4.00. The maximum absolute atomic E-state index is 11.4. The van der Waals surface area contributed by atoms with Crippen LogP contribution in [0.3, 0.4) is 0 Å². The predicted molar refractivity (Wildman–Crippen MR) is 44.1 cm³/mol. The maximum atomic E-state index is 11.4. The van der Waals surface area contributed by atoms with Crippen LogP contribution < -0.4 is 0 Å². The number of aliphatic hydroxyl groups is 1. The Labute approximate surface area is 76.8 Å². The summed E-state index contributed by atoms with van der Waals surface area (Å²) in [7, 11) is 1.37. The average molecular weight is 186 g/mol. The summed E-state index contributed by atoms with van der Waals surface area (Å²) in [5.74, 6) is -0.297. The van der Waals surface area contributed by atoms with Gasteiger partial charge >= 0.3 is 5.97 Å². The van der Waals surface area contributed by atoms with Gasteiger partial charge in [0.05, 0.1) is 19.3 Å². The molecule has 74 valence electrons. The van der Waals surface area contributed by atoms with Crippen molar-refractivity contribution < 1.29 is 19.4 Å². The highest BCUT2D eigenvalue weighted by Gasteiger charge is 2.53. The van der Waals surface area contributed by atoms with Gasteiger partial charge in [-0.1, -0.05) is 0 Å². The van der Waals surface area contributed by atoms with Gasteiger partial charge in [0.25, 0.3) is 0 Å². The van der Waals surface area contributed by atoms with E-state index in [1.807, 2.05) is 0 Å². The molecule has 3 aliphatic rings. The molecule has 13 heavy (non-hydrogen) atoms. The zero-order chi connectivity index (χ0) is 9.53. The van der Waals surface area contributed by atoms with Crippen molar-refractivity contribution in [3.05, 3.63) is 0 Å². The van der Waals surface area contributed by atoms with Crippen LogP contribution in [0, 0.1) is 0 Å². The summed E-state index contributed by atoms with van der Waals surface area (Å²) in [6.07, 6.45) is 2.44. The van der Waals surface area contributed by atoms with Crippen molar-refractivity contribution in [3.63, 3.8) is 0 Å². The van der Waals surface area contributed by atoms with Crippen LogP contribution in [0.4, 0.5) is 0 Å². The van der Waals surface area contributed by atoms with Crippen molar-refractivity contribution in [3.8, 4) is 0 Å². The number of fused-ring (bicyclic) bond motifs is 3. The highest BCUT2D eigenvalue weighted by atomic mass is 16.6. The Kier molecular flexibility index (Phi) is 1.85. The molecule has 0 aromatic heterocycles. The molecule has 4 heteroatoms. The van der Waals surface area contributed by atoms with Gasteiger partial charge in [0.15, 0.2) is 5.60 Å². The standard InChI is InChI=1S/C9H14O4/c1-12-7(10)9-4-2-8(11,3-5-9)6-13-9/h11H,2-6H2,1H3. The second kappa shape index (κ2) is 2.69. The molecule has 0 amide bonds. The number of ether oxygens (including phenoxy) is 2. The maximum Gasteiger partial charge on any atom is 0.338 e. The van der Waals surface area contributed by atoms with Crippen molar-refractivity contribution in [1.82, 2.24) is 0 Å². The number of hydrogen-bond acceptors (Lipinski definition) is 4. The molecular formula is C9H14O4. The third-order valence-corrected chi connectivity index (χ3v) is 3.16. The predicted octanol–water partition coefficient (Wildman–Crippen LogP) is 0.233. The summed E-state index contributed by atoms with van der Waals surface area (Å²) in [6.45, 7) is 0.266. The molecule has 2 aliphatic heterocycles. The molecule has 0 aromatic carbocycles. The zero-order valence-corrected chi connectivity index (χ0v) is 7.71. The zero-order valence-electron chi connectivity index (χ0n) is 7.71. The number of carbonyl (C=O) groups is 1. The van der Waals surface area contributed by atoms with Crippen LogP contribution in [-0.4, -0.2) is 36.0 Å². The number of hydrogen-bond donors (Lipinski definition) is 1. The molecule has 2 saturated heterocycles. The average Bonchev–Trinajstić information content (AvgIpc) is 2.18. The fourth-order valence-corrected chi connectivity index (χ4v) is 2.13. The van der Waals surface area contributed by atoms with Crippen LogP contribution in [0.2, 0.25) is 0 Å². The van der Waals surface area contributed by atoms with Gasteiger partial charge in [-0.05, 0) is 25.7 Å². The van der Waals surface area contributed by atoms with Crippen LogP contribution in [0.25, 0.3) is 0 Å². The van der Waals surface area contributed by atoms with Crippen LogP contribution in [0.1, 0.15) is 25.7 Å². The lowest BCUT2D eigenvalue weighted by atomic mass is 9.73. The summed E-state index contributed by atoms with van der Waals surface area (Å²) in [5, 5.41) is 9.81. The van der Waals surface area contributed by atoms with Crippen LogP contribution >= 0.6 is 0 Å².